The third kappa shape index (κ3) is 3.70. The number of aromatic amines is 1. The van der Waals surface area contributed by atoms with Crippen LogP contribution in [0.1, 0.15) is 36.8 Å². The molecule has 0 bridgehead atoms. The van der Waals surface area contributed by atoms with E-state index in [2.05, 4.69) is 51.3 Å². The van der Waals surface area contributed by atoms with Crippen molar-refractivity contribution in [2.24, 2.45) is 0 Å². The molecule has 1 aliphatic heterocycles. The van der Waals surface area contributed by atoms with Crippen LogP contribution in [0.4, 0.5) is 0 Å². The molecule has 1 aromatic carbocycles. The van der Waals surface area contributed by atoms with Crippen LogP contribution in [0, 0.1) is 0 Å². The van der Waals surface area contributed by atoms with Gasteiger partial charge in [-0.3, -0.25) is 15.0 Å². The normalized spacial score (nSPS) is 18.7. The molecule has 1 fully saturated rings. The molecule has 1 atom stereocenters. The number of rotatable bonds is 5. The first-order valence-corrected chi connectivity index (χ1v) is 8.91. The van der Waals surface area contributed by atoms with Crippen molar-refractivity contribution in [3.63, 3.8) is 0 Å². The number of hydrogen-bond acceptors (Lipinski definition) is 5. The SMILES string of the molecule is CCCc1nc([C@H]2CN(Cc3ccc4ccccc4n3)CCO2)n[nH]1. The van der Waals surface area contributed by atoms with E-state index in [0.717, 1.165) is 55.3 Å². The molecule has 0 saturated carbocycles. The second kappa shape index (κ2) is 7.29. The van der Waals surface area contributed by atoms with Gasteiger partial charge >= 0.3 is 0 Å². The lowest BCUT2D eigenvalue weighted by Gasteiger charge is -2.31. The maximum atomic E-state index is 5.89. The maximum absolute atomic E-state index is 5.89. The molecule has 2 aromatic heterocycles. The largest absolute Gasteiger partial charge is 0.367 e. The molecule has 6 nitrogen and oxygen atoms in total. The summed E-state index contributed by atoms with van der Waals surface area (Å²) >= 11 is 0. The predicted octanol–water partition coefficient (Wildman–Crippen LogP) is 2.88. The van der Waals surface area contributed by atoms with Crippen molar-refractivity contribution in [2.75, 3.05) is 19.7 Å². The summed E-state index contributed by atoms with van der Waals surface area (Å²) in [5.74, 6) is 1.70. The number of morpholine rings is 1. The van der Waals surface area contributed by atoms with Gasteiger partial charge in [0.25, 0.3) is 0 Å². The molecule has 25 heavy (non-hydrogen) atoms. The molecule has 3 heterocycles. The van der Waals surface area contributed by atoms with Crippen LogP contribution in [0.25, 0.3) is 10.9 Å². The highest BCUT2D eigenvalue weighted by molar-refractivity contribution is 5.78. The first kappa shape index (κ1) is 16.2. The molecule has 3 aromatic rings. The molecule has 0 unspecified atom stereocenters. The van der Waals surface area contributed by atoms with E-state index < -0.39 is 0 Å². The lowest BCUT2D eigenvalue weighted by molar-refractivity contribution is -0.0374. The van der Waals surface area contributed by atoms with Gasteiger partial charge in [-0.1, -0.05) is 31.2 Å². The number of aryl methyl sites for hydroxylation is 1. The molecule has 6 heteroatoms. The van der Waals surface area contributed by atoms with Gasteiger partial charge in [0, 0.05) is 31.4 Å². The number of pyridine rings is 1. The quantitative estimate of drug-likeness (QED) is 0.775. The number of ether oxygens (including phenoxy) is 1. The molecule has 4 rings (SSSR count). The van der Waals surface area contributed by atoms with Crippen LogP contribution in [0.5, 0.6) is 0 Å². The van der Waals surface area contributed by atoms with E-state index in [0.29, 0.717) is 6.61 Å². The van der Waals surface area contributed by atoms with Crippen molar-refractivity contribution in [3.8, 4) is 0 Å². The van der Waals surface area contributed by atoms with Crippen LogP contribution in [-0.4, -0.2) is 44.8 Å². The van der Waals surface area contributed by atoms with E-state index in [4.69, 9.17) is 9.72 Å². The fraction of sp³-hybridized carbons (Fsp3) is 0.421. The van der Waals surface area contributed by atoms with Crippen LogP contribution in [-0.2, 0) is 17.7 Å². The molecule has 130 valence electrons. The zero-order valence-electron chi connectivity index (χ0n) is 14.5. The minimum atomic E-state index is -0.0731. The van der Waals surface area contributed by atoms with Gasteiger partial charge in [0.1, 0.15) is 11.9 Å². The zero-order chi connectivity index (χ0) is 17.1. The Kier molecular flexibility index (Phi) is 4.72. The average Bonchev–Trinajstić information content (AvgIpc) is 3.11. The van der Waals surface area contributed by atoms with Crippen molar-refractivity contribution in [3.05, 3.63) is 53.7 Å². The molecule has 1 aliphatic rings. The Morgan fingerprint density at radius 1 is 1.20 bits per heavy atom. The van der Waals surface area contributed by atoms with Crippen LogP contribution in [0.15, 0.2) is 36.4 Å². The summed E-state index contributed by atoms with van der Waals surface area (Å²) in [6, 6.07) is 12.5. The zero-order valence-corrected chi connectivity index (χ0v) is 14.5. The van der Waals surface area contributed by atoms with Crippen molar-refractivity contribution in [1.82, 2.24) is 25.1 Å². The van der Waals surface area contributed by atoms with Crippen LogP contribution < -0.4 is 0 Å². The van der Waals surface area contributed by atoms with E-state index in [1.165, 1.54) is 5.39 Å². The number of nitrogens with one attached hydrogen (secondary N) is 1. The Hall–Kier alpha value is -2.31. The summed E-state index contributed by atoms with van der Waals surface area (Å²) < 4.78 is 5.89. The van der Waals surface area contributed by atoms with E-state index >= 15 is 0 Å². The van der Waals surface area contributed by atoms with Crippen LogP contribution in [0.2, 0.25) is 0 Å². The summed E-state index contributed by atoms with van der Waals surface area (Å²) in [5.41, 5.74) is 2.13. The van der Waals surface area contributed by atoms with E-state index in [9.17, 15) is 0 Å². The number of aromatic nitrogens is 4. The summed E-state index contributed by atoms with van der Waals surface area (Å²) in [4.78, 5) is 11.7. The Balaban J connectivity index is 1.44. The van der Waals surface area contributed by atoms with Crippen molar-refractivity contribution >= 4 is 10.9 Å². The molecule has 1 saturated heterocycles. The number of nitrogens with zero attached hydrogens (tertiary/aromatic N) is 4. The van der Waals surface area contributed by atoms with Gasteiger partial charge in [-0.05, 0) is 18.6 Å². The van der Waals surface area contributed by atoms with Crippen LogP contribution >= 0.6 is 0 Å². The van der Waals surface area contributed by atoms with Gasteiger partial charge < -0.3 is 4.74 Å². The van der Waals surface area contributed by atoms with Gasteiger partial charge in [-0.15, -0.1) is 0 Å². The number of H-pyrrole nitrogens is 1. The number of fused-ring (bicyclic) bond motifs is 1. The third-order valence-corrected chi connectivity index (χ3v) is 4.52. The monoisotopic (exact) mass is 337 g/mol. The summed E-state index contributed by atoms with van der Waals surface area (Å²) in [7, 11) is 0. The second-order valence-corrected chi connectivity index (χ2v) is 6.48. The first-order valence-electron chi connectivity index (χ1n) is 8.91. The lowest BCUT2D eigenvalue weighted by atomic mass is 10.2. The minimum absolute atomic E-state index is 0.0731. The highest BCUT2D eigenvalue weighted by Gasteiger charge is 2.25. The molecule has 0 spiro atoms. The molecular weight excluding hydrogens is 314 g/mol. The maximum Gasteiger partial charge on any atom is 0.180 e. The van der Waals surface area contributed by atoms with Gasteiger partial charge in [0.15, 0.2) is 5.82 Å². The lowest BCUT2D eigenvalue weighted by Crippen LogP contribution is -2.38. The third-order valence-electron chi connectivity index (χ3n) is 4.52. The highest BCUT2D eigenvalue weighted by atomic mass is 16.5. The summed E-state index contributed by atoms with van der Waals surface area (Å²) in [5, 5.41) is 8.53. The van der Waals surface area contributed by atoms with E-state index in [-0.39, 0.29) is 6.10 Å². The Bertz CT molecular complexity index is 846. The molecule has 0 radical (unpaired) electrons. The molecule has 1 N–H and O–H groups in total. The van der Waals surface area contributed by atoms with Crippen molar-refractivity contribution < 1.29 is 4.74 Å². The minimum Gasteiger partial charge on any atom is -0.367 e. The molecule has 0 aliphatic carbocycles. The highest BCUT2D eigenvalue weighted by Crippen LogP contribution is 2.21. The number of hydrogen-bond donors (Lipinski definition) is 1. The summed E-state index contributed by atoms with van der Waals surface area (Å²) in [6.07, 6.45) is 1.90. The van der Waals surface area contributed by atoms with Gasteiger partial charge in [0.2, 0.25) is 0 Å². The first-order chi connectivity index (χ1) is 12.3. The van der Waals surface area contributed by atoms with Gasteiger partial charge in [-0.25, -0.2) is 4.98 Å². The number of benzene rings is 1. The fourth-order valence-corrected chi connectivity index (χ4v) is 3.23. The topological polar surface area (TPSA) is 66.9 Å². The molecular formula is C19H23N5O. The van der Waals surface area contributed by atoms with Crippen molar-refractivity contribution in [2.45, 2.75) is 32.4 Å². The average molecular weight is 337 g/mol. The predicted molar refractivity (Wildman–Crippen MR) is 96.1 cm³/mol. The van der Waals surface area contributed by atoms with Gasteiger partial charge in [-0.2, -0.15) is 5.10 Å². The Labute approximate surface area is 147 Å². The fourth-order valence-electron chi connectivity index (χ4n) is 3.23. The second-order valence-electron chi connectivity index (χ2n) is 6.48. The van der Waals surface area contributed by atoms with Crippen molar-refractivity contribution in [1.29, 1.82) is 0 Å². The smallest absolute Gasteiger partial charge is 0.180 e. The van der Waals surface area contributed by atoms with E-state index in [1.807, 2.05) is 12.1 Å². The van der Waals surface area contributed by atoms with E-state index in [1.54, 1.807) is 0 Å². The summed E-state index contributed by atoms with van der Waals surface area (Å²) in [6.45, 7) is 5.33. The standard InChI is InChI=1S/C19H23N5O/c1-2-5-18-21-19(23-22-18)17-13-24(10-11-25-17)12-15-9-8-14-6-3-4-7-16(14)20-15/h3-4,6-9,17H,2,5,10-13H2,1H3,(H,21,22,23)/t17-/m1/s1. The van der Waals surface area contributed by atoms with Crippen LogP contribution in [0.3, 0.4) is 0 Å². The molecule has 0 amide bonds. The number of para-hydroxylation sites is 1. The Morgan fingerprint density at radius 2 is 2.12 bits per heavy atom. The Morgan fingerprint density at radius 3 is 3.04 bits per heavy atom. The van der Waals surface area contributed by atoms with Gasteiger partial charge in [0.05, 0.1) is 17.8 Å².